The lowest BCUT2D eigenvalue weighted by molar-refractivity contribution is 0.0503. The van der Waals surface area contributed by atoms with Crippen LogP contribution in [0.25, 0.3) is 0 Å². The molecule has 110 valence electrons. The predicted molar refractivity (Wildman–Crippen MR) is 82.2 cm³/mol. The summed E-state index contributed by atoms with van der Waals surface area (Å²) in [7, 11) is 0. The van der Waals surface area contributed by atoms with Crippen molar-refractivity contribution in [2.45, 2.75) is 7.43 Å². The van der Waals surface area contributed by atoms with Crippen molar-refractivity contribution in [3.63, 3.8) is 0 Å². The van der Waals surface area contributed by atoms with E-state index in [0.29, 0.717) is 11.1 Å². The summed E-state index contributed by atoms with van der Waals surface area (Å²) in [6.45, 7) is 0.429. The SMILES string of the molecule is C.O=C(NCCOC(=O)c1ccccc1)c1ccccc1. The third kappa shape index (κ3) is 5.10. The van der Waals surface area contributed by atoms with E-state index in [1.807, 2.05) is 12.1 Å². The number of benzene rings is 2. The van der Waals surface area contributed by atoms with Gasteiger partial charge in [0.25, 0.3) is 5.91 Å². The minimum atomic E-state index is -0.389. The van der Waals surface area contributed by atoms with Gasteiger partial charge in [-0.25, -0.2) is 4.79 Å². The van der Waals surface area contributed by atoms with Crippen molar-refractivity contribution in [3.8, 4) is 0 Å². The van der Waals surface area contributed by atoms with Crippen LogP contribution in [0.1, 0.15) is 28.1 Å². The maximum absolute atomic E-state index is 11.7. The molecule has 4 nitrogen and oxygen atoms in total. The summed E-state index contributed by atoms with van der Waals surface area (Å²) in [5.74, 6) is -0.569. The smallest absolute Gasteiger partial charge is 0.338 e. The van der Waals surface area contributed by atoms with Gasteiger partial charge in [0.15, 0.2) is 0 Å². The van der Waals surface area contributed by atoms with Gasteiger partial charge in [0.2, 0.25) is 0 Å². The standard InChI is InChI=1S/C16H15NO3.CH4/c18-15(13-7-3-1-4-8-13)17-11-12-20-16(19)14-9-5-2-6-10-14;/h1-10H,11-12H2,(H,17,18);1H4. The van der Waals surface area contributed by atoms with E-state index in [1.165, 1.54) is 0 Å². The van der Waals surface area contributed by atoms with Gasteiger partial charge < -0.3 is 10.1 Å². The summed E-state index contributed by atoms with van der Waals surface area (Å²) in [5, 5.41) is 2.69. The zero-order valence-corrected chi connectivity index (χ0v) is 10.9. The molecule has 0 aliphatic carbocycles. The van der Waals surface area contributed by atoms with Gasteiger partial charge in [0, 0.05) is 5.56 Å². The Morgan fingerprint density at radius 1 is 0.857 bits per heavy atom. The van der Waals surface area contributed by atoms with Crippen molar-refractivity contribution in [1.29, 1.82) is 0 Å². The van der Waals surface area contributed by atoms with Crippen LogP contribution in [0.4, 0.5) is 0 Å². The number of carbonyl (C=O) groups is 2. The van der Waals surface area contributed by atoms with Crippen molar-refractivity contribution >= 4 is 11.9 Å². The number of esters is 1. The molecule has 0 saturated carbocycles. The Balaban J connectivity index is 0.00000220. The van der Waals surface area contributed by atoms with Crippen molar-refractivity contribution in [2.75, 3.05) is 13.2 Å². The molecule has 0 aliphatic rings. The summed E-state index contributed by atoms with van der Waals surface area (Å²) in [6.07, 6.45) is 0. The lowest BCUT2D eigenvalue weighted by Gasteiger charge is -2.06. The lowest BCUT2D eigenvalue weighted by atomic mass is 10.2. The molecule has 0 aliphatic heterocycles. The van der Waals surface area contributed by atoms with Crippen LogP contribution >= 0.6 is 0 Å². The van der Waals surface area contributed by atoms with E-state index >= 15 is 0 Å². The van der Waals surface area contributed by atoms with Crippen LogP contribution in [-0.2, 0) is 4.74 Å². The molecule has 0 bridgehead atoms. The number of carbonyl (C=O) groups excluding carboxylic acids is 2. The molecular formula is C17H19NO3. The van der Waals surface area contributed by atoms with Crippen molar-refractivity contribution in [3.05, 3.63) is 71.8 Å². The van der Waals surface area contributed by atoms with Crippen LogP contribution in [-0.4, -0.2) is 25.0 Å². The van der Waals surface area contributed by atoms with E-state index in [4.69, 9.17) is 4.74 Å². The highest BCUT2D eigenvalue weighted by molar-refractivity contribution is 5.94. The highest BCUT2D eigenvalue weighted by Gasteiger charge is 2.06. The molecule has 4 heteroatoms. The van der Waals surface area contributed by atoms with Crippen LogP contribution < -0.4 is 5.32 Å². The van der Waals surface area contributed by atoms with E-state index in [-0.39, 0.29) is 32.5 Å². The Bertz CT molecular complexity index is 514. The second-order valence-corrected chi connectivity index (χ2v) is 4.12. The molecule has 2 aromatic carbocycles. The number of nitrogens with one attached hydrogen (secondary N) is 1. The van der Waals surface area contributed by atoms with E-state index in [2.05, 4.69) is 5.32 Å². The first-order chi connectivity index (χ1) is 9.77. The Hall–Kier alpha value is -2.62. The van der Waals surface area contributed by atoms with Gasteiger partial charge in [-0.05, 0) is 24.3 Å². The Kier molecular flexibility index (Phi) is 6.68. The zero-order chi connectivity index (χ0) is 14.2. The minimum Gasteiger partial charge on any atom is -0.460 e. The summed E-state index contributed by atoms with van der Waals surface area (Å²) < 4.78 is 5.06. The molecule has 1 amide bonds. The largest absolute Gasteiger partial charge is 0.460 e. The Morgan fingerprint density at radius 3 is 1.95 bits per heavy atom. The molecule has 2 rings (SSSR count). The van der Waals surface area contributed by atoms with Gasteiger partial charge in [0.05, 0.1) is 12.1 Å². The van der Waals surface area contributed by atoms with Gasteiger partial charge in [-0.1, -0.05) is 43.8 Å². The molecule has 2 aromatic rings. The maximum atomic E-state index is 11.7. The Labute approximate surface area is 124 Å². The third-order valence-electron chi connectivity index (χ3n) is 2.67. The zero-order valence-electron chi connectivity index (χ0n) is 10.9. The van der Waals surface area contributed by atoms with Gasteiger partial charge in [-0.2, -0.15) is 0 Å². The maximum Gasteiger partial charge on any atom is 0.338 e. The van der Waals surface area contributed by atoms with E-state index in [9.17, 15) is 9.59 Å². The van der Waals surface area contributed by atoms with Gasteiger partial charge in [0.1, 0.15) is 6.61 Å². The minimum absolute atomic E-state index is 0. The topological polar surface area (TPSA) is 55.4 Å². The summed E-state index contributed by atoms with van der Waals surface area (Å²) in [4.78, 5) is 23.3. The Morgan fingerprint density at radius 2 is 1.38 bits per heavy atom. The summed E-state index contributed by atoms with van der Waals surface area (Å²) in [5.41, 5.74) is 1.09. The molecule has 0 spiro atoms. The van der Waals surface area contributed by atoms with Gasteiger partial charge in [-0.3, -0.25) is 4.79 Å². The first-order valence-corrected chi connectivity index (χ1v) is 6.33. The fourth-order valence-electron chi connectivity index (χ4n) is 1.66. The number of amides is 1. The van der Waals surface area contributed by atoms with Crippen LogP contribution in [0.3, 0.4) is 0 Å². The highest BCUT2D eigenvalue weighted by Crippen LogP contribution is 2.01. The van der Waals surface area contributed by atoms with Gasteiger partial charge in [-0.15, -0.1) is 0 Å². The lowest BCUT2D eigenvalue weighted by Crippen LogP contribution is -2.28. The van der Waals surface area contributed by atoms with Crippen LogP contribution in [0.2, 0.25) is 0 Å². The molecule has 0 saturated heterocycles. The molecule has 0 radical (unpaired) electrons. The summed E-state index contributed by atoms with van der Waals surface area (Å²) in [6, 6.07) is 17.6. The second-order valence-electron chi connectivity index (χ2n) is 4.12. The van der Waals surface area contributed by atoms with Crippen LogP contribution in [0, 0.1) is 0 Å². The summed E-state index contributed by atoms with van der Waals surface area (Å²) >= 11 is 0. The fourth-order valence-corrected chi connectivity index (χ4v) is 1.66. The number of hydrogen-bond acceptors (Lipinski definition) is 3. The molecule has 0 aromatic heterocycles. The van der Waals surface area contributed by atoms with E-state index in [0.717, 1.165) is 0 Å². The molecular weight excluding hydrogens is 266 g/mol. The quantitative estimate of drug-likeness (QED) is 0.679. The molecule has 1 N–H and O–H groups in total. The van der Waals surface area contributed by atoms with Crippen molar-refractivity contribution < 1.29 is 14.3 Å². The molecule has 0 heterocycles. The third-order valence-corrected chi connectivity index (χ3v) is 2.67. The molecule has 0 atom stereocenters. The monoisotopic (exact) mass is 285 g/mol. The number of hydrogen-bond donors (Lipinski definition) is 1. The van der Waals surface area contributed by atoms with Crippen molar-refractivity contribution in [1.82, 2.24) is 5.32 Å². The normalized spacial score (nSPS) is 9.33. The first-order valence-electron chi connectivity index (χ1n) is 6.33. The van der Waals surface area contributed by atoms with Crippen molar-refractivity contribution in [2.24, 2.45) is 0 Å². The average Bonchev–Trinajstić information content (AvgIpc) is 2.53. The molecule has 0 fully saturated rings. The number of ether oxygens (including phenoxy) is 1. The molecule has 0 unspecified atom stereocenters. The van der Waals surface area contributed by atoms with Crippen LogP contribution in [0.5, 0.6) is 0 Å². The van der Waals surface area contributed by atoms with E-state index in [1.54, 1.807) is 48.5 Å². The van der Waals surface area contributed by atoms with Crippen LogP contribution in [0.15, 0.2) is 60.7 Å². The number of rotatable bonds is 5. The predicted octanol–water partition coefficient (Wildman–Crippen LogP) is 2.91. The molecule has 21 heavy (non-hydrogen) atoms. The van der Waals surface area contributed by atoms with Gasteiger partial charge >= 0.3 is 5.97 Å². The fraction of sp³-hybridized carbons (Fsp3) is 0.176. The second kappa shape index (κ2) is 8.53. The highest BCUT2D eigenvalue weighted by atomic mass is 16.5. The van der Waals surface area contributed by atoms with E-state index < -0.39 is 0 Å². The first kappa shape index (κ1) is 16.4. The average molecular weight is 285 g/mol.